The van der Waals surface area contributed by atoms with Crippen LogP contribution in [-0.4, -0.2) is 19.9 Å². The van der Waals surface area contributed by atoms with Crippen molar-refractivity contribution in [2.75, 3.05) is 0 Å². The van der Waals surface area contributed by atoms with Crippen molar-refractivity contribution in [3.05, 3.63) is 54.0 Å². The summed E-state index contributed by atoms with van der Waals surface area (Å²) in [6.07, 6.45) is 3.14. The molecule has 120 valence electrons. The normalized spacial score (nSPS) is 19.0. The van der Waals surface area contributed by atoms with Crippen molar-refractivity contribution in [1.29, 1.82) is 0 Å². The minimum Gasteiger partial charge on any atom is -0.378 e. The number of halogens is 1. The van der Waals surface area contributed by atoms with Crippen molar-refractivity contribution in [3.63, 3.8) is 0 Å². The summed E-state index contributed by atoms with van der Waals surface area (Å²) in [6, 6.07) is 6.44. The number of rotatable bonds is 2. The smallest absolute Gasteiger partial charge is 0.159 e. The first-order chi connectivity index (χ1) is 10.9. The maximum atomic E-state index is 13.3. The van der Waals surface area contributed by atoms with Crippen molar-refractivity contribution in [3.8, 4) is 0 Å². The lowest BCUT2D eigenvalue weighted by Crippen LogP contribution is -2.24. The first kappa shape index (κ1) is 15.7. The molecule has 23 heavy (non-hydrogen) atoms. The Balaban J connectivity index is 2.20. The lowest BCUT2D eigenvalue weighted by molar-refractivity contribution is 0.494. The molecule has 1 unspecified atom stereocenters. The summed E-state index contributed by atoms with van der Waals surface area (Å²) in [5.41, 5.74) is 8.54. The molecule has 1 aromatic carbocycles. The van der Waals surface area contributed by atoms with Crippen molar-refractivity contribution >= 4 is 22.6 Å². The van der Waals surface area contributed by atoms with Gasteiger partial charge in [0.05, 0.1) is 16.6 Å². The van der Waals surface area contributed by atoms with Gasteiger partial charge in [-0.05, 0) is 17.7 Å². The molecule has 0 fully saturated rings. The van der Waals surface area contributed by atoms with Gasteiger partial charge in [-0.2, -0.15) is 5.10 Å². The fraction of sp³-hybridized carbons (Fsp3) is 0.312. The van der Waals surface area contributed by atoms with Crippen LogP contribution in [0.4, 0.5) is 4.39 Å². The Hall–Kier alpha value is -2.15. The van der Waals surface area contributed by atoms with Gasteiger partial charge in [0.25, 0.3) is 0 Å². The van der Waals surface area contributed by atoms with Gasteiger partial charge in [-0.3, -0.25) is 0 Å². The van der Waals surface area contributed by atoms with Crippen LogP contribution in [0, 0.1) is 11.2 Å². The SMILES string of the molecule is CC(C)(C)C1=C(n2cncn2)C(c2ccc(F)cc2)SC(N)=N1. The molecule has 1 atom stereocenters. The molecule has 7 heteroatoms. The summed E-state index contributed by atoms with van der Waals surface area (Å²) in [4.78, 5) is 8.60. The number of aliphatic imine (C=N–C) groups is 1. The molecule has 0 amide bonds. The first-order valence-electron chi connectivity index (χ1n) is 7.22. The molecule has 5 nitrogen and oxygen atoms in total. The maximum Gasteiger partial charge on any atom is 0.159 e. The molecule has 0 saturated heterocycles. The number of allylic oxidation sites excluding steroid dienone is 1. The van der Waals surface area contributed by atoms with Crippen LogP contribution >= 0.6 is 11.8 Å². The van der Waals surface area contributed by atoms with Crippen LogP contribution in [0.15, 0.2) is 47.6 Å². The third kappa shape index (κ3) is 3.14. The van der Waals surface area contributed by atoms with E-state index >= 15 is 0 Å². The molecule has 2 heterocycles. The van der Waals surface area contributed by atoms with Crippen LogP contribution in [0.3, 0.4) is 0 Å². The molecule has 0 spiro atoms. The minimum atomic E-state index is -0.265. The summed E-state index contributed by atoms with van der Waals surface area (Å²) < 4.78 is 15.0. The van der Waals surface area contributed by atoms with Crippen LogP contribution in [0.2, 0.25) is 0 Å². The molecule has 2 aromatic rings. The van der Waals surface area contributed by atoms with Gasteiger partial charge >= 0.3 is 0 Å². The predicted octanol–water partition coefficient (Wildman–Crippen LogP) is 3.43. The average Bonchev–Trinajstić information content (AvgIpc) is 3.00. The van der Waals surface area contributed by atoms with E-state index in [4.69, 9.17) is 5.73 Å². The molecule has 0 aliphatic carbocycles. The van der Waals surface area contributed by atoms with Crippen LogP contribution in [0.1, 0.15) is 31.6 Å². The number of nitrogens with zero attached hydrogens (tertiary/aromatic N) is 4. The van der Waals surface area contributed by atoms with Gasteiger partial charge in [-0.15, -0.1) is 0 Å². The molecule has 0 bridgehead atoms. The number of thioether (sulfide) groups is 1. The van der Waals surface area contributed by atoms with Gasteiger partial charge in [-0.1, -0.05) is 44.7 Å². The highest BCUT2D eigenvalue weighted by Gasteiger charge is 2.33. The summed E-state index contributed by atoms with van der Waals surface area (Å²) in [6.45, 7) is 6.23. The second-order valence-electron chi connectivity index (χ2n) is 6.32. The zero-order chi connectivity index (χ0) is 16.6. The second-order valence-corrected chi connectivity index (χ2v) is 7.45. The molecule has 2 N–H and O–H groups in total. The third-order valence-electron chi connectivity index (χ3n) is 3.50. The highest BCUT2D eigenvalue weighted by molar-refractivity contribution is 8.14. The van der Waals surface area contributed by atoms with Crippen molar-refractivity contribution in [1.82, 2.24) is 14.8 Å². The van der Waals surface area contributed by atoms with E-state index in [0.717, 1.165) is 17.0 Å². The molecular formula is C16H18FN5S. The van der Waals surface area contributed by atoms with Crippen molar-refractivity contribution in [2.24, 2.45) is 16.1 Å². The maximum absolute atomic E-state index is 13.3. The number of nitrogens with two attached hydrogens (primary N) is 1. The van der Waals surface area contributed by atoms with Gasteiger partial charge in [0.1, 0.15) is 18.5 Å². The first-order valence-corrected chi connectivity index (χ1v) is 8.10. The second kappa shape index (κ2) is 5.81. The number of hydrogen-bond donors (Lipinski definition) is 1. The molecule has 3 rings (SSSR count). The highest BCUT2D eigenvalue weighted by Crippen LogP contribution is 2.47. The Morgan fingerprint density at radius 3 is 2.48 bits per heavy atom. The summed E-state index contributed by atoms with van der Waals surface area (Å²) >= 11 is 1.43. The van der Waals surface area contributed by atoms with E-state index in [9.17, 15) is 4.39 Å². The Morgan fingerprint density at radius 2 is 1.91 bits per heavy atom. The van der Waals surface area contributed by atoms with Crippen LogP contribution in [0.5, 0.6) is 0 Å². The minimum absolute atomic E-state index is 0.121. The molecule has 1 aliphatic heterocycles. The largest absolute Gasteiger partial charge is 0.378 e. The fourth-order valence-corrected chi connectivity index (χ4v) is 3.48. The van der Waals surface area contributed by atoms with Gasteiger partial charge in [0.2, 0.25) is 0 Å². The van der Waals surface area contributed by atoms with Gasteiger partial charge < -0.3 is 5.73 Å². The number of amidine groups is 1. The number of aromatic nitrogens is 3. The summed E-state index contributed by atoms with van der Waals surface area (Å²) in [5.74, 6) is -0.265. The Labute approximate surface area is 138 Å². The zero-order valence-corrected chi connectivity index (χ0v) is 14.0. The molecule has 0 saturated carbocycles. The van der Waals surface area contributed by atoms with E-state index in [-0.39, 0.29) is 16.5 Å². The van der Waals surface area contributed by atoms with Crippen molar-refractivity contribution < 1.29 is 4.39 Å². The number of benzene rings is 1. The Bertz CT molecular complexity index is 757. The van der Waals surface area contributed by atoms with Crippen LogP contribution in [0.25, 0.3) is 5.70 Å². The summed E-state index contributed by atoms with van der Waals surface area (Å²) in [5, 5.41) is 4.64. The van der Waals surface area contributed by atoms with Crippen LogP contribution in [-0.2, 0) is 0 Å². The zero-order valence-electron chi connectivity index (χ0n) is 13.2. The van der Waals surface area contributed by atoms with E-state index in [0.29, 0.717) is 5.17 Å². The molecular weight excluding hydrogens is 313 g/mol. The van der Waals surface area contributed by atoms with Gasteiger partial charge in [0.15, 0.2) is 5.17 Å². The highest BCUT2D eigenvalue weighted by atomic mass is 32.2. The summed E-state index contributed by atoms with van der Waals surface area (Å²) in [7, 11) is 0. The Morgan fingerprint density at radius 1 is 1.22 bits per heavy atom. The lowest BCUT2D eigenvalue weighted by Gasteiger charge is -2.31. The predicted molar refractivity (Wildman–Crippen MR) is 91.0 cm³/mol. The van der Waals surface area contributed by atoms with E-state index < -0.39 is 0 Å². The van der Waals surface area contributed by atoms with Crippen LogP contribution < -0.4 is 5.73 Å². The van der Waals surface area contributed by atoms with E-state index in [1.165, 1.54) is 30.2 Å². The van der Waals surface area contributed by atoms with Crippen molar-refractivity contribution in [2.45, 2.75) is 26.0 Å². The number of hydrogen-bond acceptors (Lipinski definition) is 5. The topological polar surface area (TPSA) is 69.1 Å². The Kier molecular flexibility index (Phi) is 3.97. The van der Waals surface area contributed by atoms with Gasteiger partial charge in [-0.25, -0.2) is 19.0 Å². The molecule has 1 aliphatic rings. The molecule has 0 radical (unpaired) electrons. The quantitative estimate of drug-likeness (QED) is 0.915. The third-order valence-corrected chi connectivity index (χ3v) is 4.56. The van der Waals surface area contributed by atoms with E-state index in [1.807, 2.05) is 0 Å². The fourth-order valence-electron chi connectivity index (χ4n) is 2.47. The average molecular weight is 331 g/mol. The monoisotopic (exact) mass is 331 g/mol. The molecule has 1 aromatic heterocycles. The van der Waals surface area contributed by atoms with Gasteiger partial charge in [0, 0.05) is 5.41 Å². The van der Waals surface area contributed by atoms with E-state index in [1.54, 1.807) is 23.1 Å². The van der Waals surface area contributed by atoms with E-state index in [2.05, 4.69) is 35.8 Å². The standard InChI is InChI=1S/C16H18FN5S/c1-16(2,3)14-12(22-9-19-8-20-22)13(23-15(18)21-14)10-4-6-11(17)7-5-10/h4-9,13H,1-3H3,(H2,18,21). The lowest BCUT2D eigenvalue weighted by atomic mass is 9.89.